The van der Waals surface area contributed by atoms with Crippen LogP contribution >= 0.6 is 0 Å². The number of hydrogen-bond donors (Lipinski definition) is 1. The van der Waals surface area contributed by atoms with E-state index in [4.69, 9.17) is 4.74 Å². The maximum absolute atomic E-state index is 12.1. The van der Waals surface area contributed by atoms with Crippen LogP contribution in [0.15, 0.2) is 30.3 Å². The zero-order valence-electron chi connectivity index (χ0n) is 14.4. The largest absolute Gasteiger partial charge is 0.379 e. The molecular formula is C19H28N2O2. The summed E-state index contributed by atoms with van der Waals surface area (Å²) in [6, 6.07) is 8.47. The Kier molecular flexibility index (Phi) is 6.81. The molecule has 1 aromatic rings. The molecule has 4 heteroatoms. The summed E-state index contributed by atoms with van der Waals surface area (Å²) in [4.78, 5) is 14.5. The van der Waals surface area contributed by atoms with Gasteiger partial charge in [-0.15, -0.1) is 0 Å². The molecule has 0 aliphatic carbocycles. The van der Waals surface area contributed by atoms with Crippen molar-refractivity contribution in [3.05, 3.63) is 41.5 Å². The Bertz CT molecular complexity index is 534. The number of amides is 1. The molecule has 23 heavy (non-hydrogen) atoms. The van der Waals surface area contributed by atoms with Crippen LogP contribution in [0.4, 0.5) is 0 Å². The van der Waals surface area contributed by atoms with Crippen LogP contribution in [0.25, 0.3) is 6.08 Å². The van der Waals surface area contributed by atoms with Crippen LogP contribution in [0.1, 0.15) is 25.0 Å². The van der Waals surface area contributed by atoms with E-state index in [1.54, 1.807) is 6.08 Å². The summed E-state index contributed by atoms with van der Waals surface area (Å²) >= 11 is 0. The van der Waals surface area contributed by atoms with Crippen LogP contribution in [0.3, 0.4) is 0 Å². The van der Waals surface area contributed by atoms with E-state index in [2.05, 4.69) is 30.1 Å². The average Bonchev–Trinajstić information content (AvgIpc) is 2.54. The van der Waals surface area contributed by atoms with Crippen molar-refractivity contribution < 1.29 is 9.53 Å². The van der Waals surface area contributed by atoms with Crippen LogP contribution in [0, 0.1) is 12.8 Å². The molecule has 0 aromatic heterocycles. The fourth-order valence-corrected chi connectivity index (χ4v) is 2.91. The van der Waals surface area contributed by atoms with Gasteiger partial charge in [-0.3, -0.25) is 9.69 Å². The van der Waals surface area contributed by atoms with E-state index in [1.807, 2.05) is 31.2 Å². The fourth-order valence-electron chi connectivity index (χ4n) is 2.91. The first-order valence-electron chi connectivity index (χ1n) is 8.40. The first-order valence-corrected chi connectivity index (χ1v) is 8.40. The molecule has 0 bridgehead atoms. The number of nitrogens with zero attached hydrogens (tertiary/aromatic N) is 1. The van der Waals surface area contributed by atoms with Crippen molar-refractivity contribution in [2.45, 2.75) is 26.8 Å². The Morgan fingerprint density at radius 2 is 2.09 bits per heavy atom. The standard InChI is InChI=1S/C19H28N2O2/c1-15(2)18(21-9-11-23-12-10-21)14-20-19(22)8-7-17-6-4-5-16(3)13-17/h4-8,13,15,18H,9-12,14H2,1-3H3,(H,20,22)/b8-7+. The summed E-state index contributed by atoms with van der Waals surface area (Å²) in [5.74, 6) is 0.458. The lowest BCUT2D eigenvalue weighted by Crippen LogP contribution is -2.51. The van der Waals surface area contributed by atoms with Gasteiger partial charge in [-0.25, -0.2) is 0 Å². The van der Waals surface area contributed by atoms with Crippen LogP contribution < -0.4 is 5.32 Å². The van der Waals surface area contributed by atoms with E-state index >= 15 is 0 Å². The lowest BCUT2D eigenvalue weighted by Gasteiger charge is -2.36. The minimum absolute atomic E-state index is 0.0367. The van der Waals surface area contributed by atoms with Gasteiger partial charge in [0.05, 0.1) is 13.2 Å². The zero-order chi connectivity index (χ0) is 16.7. The smallest absolute Gasteiger partial charge is 0.244 e. The van der Waals surface area contributed by atoms with E-state index in [0.29, 0.717) is 18.5 Å². The molecule has 1 saturated heterocycles. The third kappa shape index (κ3) is 5.81. The van der Waals surface area contributed by atoms with Crippen molar-refractivity contribution in [3.8, 4) is 0 Å². The average molecular weight is 316 g/mol. The molecule has 1 aromatic carbocycles. The van der Waals surface area contributed by atoms with Gasteiger partial charge in [-0.2, -0.15) is 0 Å². The summed E-state index contributed by atoms with van der Waals surface area (Å²) < 4.78 is 5.41. The van der Waals surface area contributed by atoms with Gasteiger partial charge in [0.2, 0.25) is 5.91 Å². The van der Waals surface area contributed by atoms with Crippen molar-refractivity contribution >= 4 is 12.0 Å². The summed E-state index contributed by atoms with van der Waals surface area (Å²) in [7, 11) is 0. The molecule has 1 fully saturated rings. The van der Waals surface area contributed by atoms with E-state index in [-0.39, 0.29) is 5.91 Å². The van der Waals surface area contributed by atoms with E-state index in [9.17, 15) is 4.79 Å². The van der Waals surface area contributed by atoms with Crippen LogP contribution in [-0.4, -0.2) is 49.7 Å². The van der Waals surface area contributed by atoms with Crippen molar-refractivity contribution in [3.63, 3.8) is 0 Å². The summed E-state index contributed by atoms with van der Waals surface area (Å²) in [5, 5.41) is 3.04. The second-order valence-corrected chi connectivity index (χ2v) is 6.45. The minimum atomic E-state index is -0.0367. The predicted molar refractivity (Wildman–Crippen MR) is 94.2 cm³/mol. The van der Waals surface area contributed by atoms with Gasteiger partial charge in [-0.1, -0.05) is 43.7 Å². The highest BCUT2D eigenvalue weighted by atomic mass is 16.5. The zero-order valence-corrected chi connectivity index (χ0v) is 14.4. The van der Waals surface area contributed by atoms with Gasteiger partial charge in [-0.05, 0) is 24.5 Å². The summed E-state index contributed by atoms with van der Waals surface area (Å²) in [6.07, 6.45) is 3.48. The highest BCUT2D eigenvalue weighted by molar-refractivity contribution is 5.91. The minimum Gasteiger partial charge on any atom is -0.379 e. The first-order chi connectivity index (χ1) is 11.1. The monoisotopic (exact) mass is 316 g/mol. The molecule has 1 aliphatic heterocycles. The molecule has 1 atom stereocenters. The van der Waals surface area contributed by atoms with Gasteiger partial charge in [0.1, 0.15) is 0 Å². The number of carbonyl (C=O) groups is 1. The molecule has 1 heterocycles. The maximum atomic E-state index is 12.1. The number of aryl methyl sites for hydroxylation is 1. The van der Waals surface area contributed by atoms with Crippen molar-refractivity contribution in [2.24, 2.45) is 5.92 Å². The van der Waals surface area contributed by atoms with Crippen molar-refractivity contribution in [1.82, 2.24) is 10.2 Å². The Morgan fingerprint density at radius 3 is 2.74 bits per heavy atom. The molecule has 0 saturated carbocycles. The number of nitrogens with one attached hydrogen (secondary N) is 1. The number of benzene rings is 1. The normalized spacial score (nSPS) is 17.6. The van der Waals surface area contributed by atoms with Gasteiger partial charge < -0.3 is 10.1 Å². The fraction of sp³-hybridized carbons (Fsp3) is 0.526. The first kappa shape index (κ1) is 17.7. The predicted octanol–water partition coefficient (Wildman–Crippen LogP) is 2.48. The summed E-state index contributed by atoms with van der Waals surface area (Å²) in [5.41, 5.74) is 2.24. The molecule has 1 amide bonds. The van der Waals surface area contributed by atoms with Crippen LogP contribution in [0.2, 0.25) is 0 Å². The maximum Gasteiger partial charge on any atom is 0.244 e. The highest BCUT2D eigenvalue weighted by Crippen LogP contribution is 2.12. The highest BCUT2D eigenvalue weighted by Gasteiger charge is 2.23. The number of ether oxygens (including phenoxy) is 1. The van der Waals surface area contributed by atoms with Crippen LogP contribution in [-0.2, 0) is 9.53 Å². The van der Waals surface area contributed by atoms with Crippen molar-refractivity contribution in [2.75, 3.05) is 32.8 Å². The van der Waals surface area contributed by atoms with Crippen molar-refractivity contribution in [1.29, 1.82) is 0 Å². The van der Waals surface area contributed by atoms with Crippen LogP contribution in [0.5, 0.6) is 0 Å². The van der Waals surface area contributed by atoms with E-state index in [1.165, 1.54) is 5.56 Å². The molecule has 1 aliphatic rings. The Balaban J connectivity index is 1.86. The molecule has 126 valence electrons. The topological polar surface area (TPSA) is 41.6 Å². The second kappa shape index (κ2) is 8.85. The second-order valence-electron chi connectivity index (χ2n) is 6.45. The molecule has 4 nitrogen and oxygen atoms in total. The molecule has 1 N–H and O–H groups in total. The van der Waals surface area contributed by atoms with E-state index < -0.39 is 0 Å². The van der Waals surface area contributed by atoms with Gasteiger partial charge in [0.15, 0.2) is 0 Å². The van der Waals surface area contributed by atoms with Gasteiger partial charge in [0, 0.05) is 31.8 Å². The number of morpholine rings is 1. The quantitative estimate of drug-likeness (QED) is 0.820. The third-order valence-electron chi connectivity index (χ3n) is 4.24. The third-order valence-corrected chi connectivity index (χ3v) is 4.24. The molecule has 2 rings (SSSR count). The number of rotatable bonds is 6. The Hall–Kier alpha value is -1.65. The van der Waals surface area contributed by atoms with Gasteiger partial charge in [0.25, 0.3) is 0 Å². The molecular weight excluding hydrogens is 288 g/mol. The Labute approximate surface area is 139 Å². The molecule has 1 unspecified atom stereocenters. The lowest BCUT2D eigenvalue weighted by molar-refractivity contribution is -0.116. The van der Waals surface area contributed by atoms with Gasteiger partial charge >= 0.3 is 0 Å². The number of carbonyl (C=O) groups excluding carboxylic acids is 1. The molecule has 0 radical (unpaired) electrons. The Morgan fingerprint density at radius 1 is 1.35 bits per heavy atom. The lowest BCUT2D eigenvalue weighted by atomic mass is 10.0. The molecule has 0 spiro atoms. The van der Waals surface area contributed by atoms with E-state index in [0.717, 1.165) is 31.9 Å². The SMILES string of the molecule is Cc1cccc(/C=C/C(=O)NCC(C(C)C)N2CCOCC2)c1. The number of hydrogen-bond acceptors (Lipinski definition) is 3. The summed E-state index contributed by atoms with van der Waals surface area (Å²) in [6.45, 7) is 10.6.